The summed E-state index contributed by atoms with van der Waals surface area (Å²) < 4.78 is 8.44. The van der Waals surface area contributed by atoms with Gasteiger partial charge in [0, 0.05) is 7.11 Å². The molecule has 3 rings (SSSR count). The Balaban J connectivity index is 2.35. The molecule has 0 aliphatic heterocycles. The van der Waals surface area contributed by atoms with Crippen molar-refractivity contribution in [1.82, 2.24) is 9.13 Å². The lowest BCUT2D eigenvalue weighted by atomic mass is 10.3. The van der Waals surface area contributed by atoms with Crippen LogP contribution in [0.25, 0.3) is 15.9 Å². The molecular weight excluding hydrogens is 288 g/mol. The predicted octanol–water partition coefficient (Wildman–Crippen LogP) is 1.86. The van der Waals surface area contributed by atoms with Gasteiger partial charge in [0.1, 0.15) is 4.70 Å². The third-order valence-electron chi connectivity index (χ3n) is 3.29. The van der Waals surface area contributed by atoms with E-state index in [4.69, 9.17) is 4.74 Å². The number of nitrogens with zero attached hydrogens (tertiary/aromatic N) is 2. The Bertz CT molecular complexity index is 877. The lowest BCUT2D eigenvalue weighted by Crippen LogP contribution is -2.39. The van der Waals surface area contributed by atoms with Crippen LogP contribution in [0.4, 0.5) is 0 Å². The smallest absolute Gasteiger partial charge is 0.336 e. The number of para-hydroxylation sites is 1. The Kier molecular flexibility index (Phi) is 3.72. The zero-order valence-corrected chi connectivity index (χ0v) is 12.3. The number of methoxy groups -OCH3 is 1. The van der Waals surface area contributed by atoms with Gasteiger partial charge < -0.3 is 4.74 Å². The second-order valence-corrected chi connectivity index (χ2v) is 5.45. The quantitative estimate of drug-likeness (QED) is 0.739. The van der Waals surface area contributed by atoms with Crippen molar-refractivity contribution in [3.8, 4) is 5.69 Å². The molecule has 0 spiro atoms. The first-order chi connectivity index (χ1) is 10.2. The molecule has 0 aliphatic carbocycles. The molecule has 0 saturated carbocycles. The average molecular weight is 302 g/mol. The van der Waals surface area contributed by atoms with Crippen LogP contribution in [-0.2, 0) is 11.3 Å². The van der Waals surface area contributed by atoms with E-state index in [-0.39, 0.29) is 11.2 Å². The van der Waals surface area contributed by atoms with Crippen LogP contribution in [0.3, 0.4) is 0 Å². The van der Waals surface area contributed by atoms with Crippen molar-refractivity contribution in [3.63, 3.8) is 0 Å². The number of thiophene rings is 1. The average Bonchev–Trinajstić information content (AvgIpc) is 2.98. The minimum absolute atomic E-state index is 0.273. The topological polar surface area (TPSA) is 53.2 Å². The van der Waals surface area contributed by atoms with Gasteiger partial charge in [-0.25, -0.2) is 9.36 Å². The van der Waals surface area contributed by atoms with E-state index in [0.29, 0.717) is 29.1 Å². The number of fused-ring (bicyclic) bond motifs is 1. The molecule has 6 heteroatoms. The van der Waals surface area contributed by atoms with Crippen molar-refractivity contribution in [3.05, 3.63) is 62.6 Å². The van der Waals surface area contributed by atoms with E-state index >= 15 is 0 Å². The van der Waals surface area contributed by atoms with E-state index in [1.807, 2.05) is 11.4 Å². The normalized spacial score (nSPS) is 11.1. The second-order valence-electron chi connectivity index (χ2n) is 4.54. The molecule has 1 aromatic carbocycles. The Morgan fingerprint density at radius 3 is 2.62 bits per heavy atom. The van der Waals surface area contributed by atoms with E-state index < -0.39 is 0 Å². The lowest BCUT2D eigenvalue weighted by Gasteiger charge is -2.11. The van der Waals surface area contributed by atoms with Gasteiger partial charge in [-0.2, -0.15) is 0 Å². The number of aromatic nitrogens is 2. The number of hydrogen-bond donors (Lipinski definition) is 0. The maximum absolute atomic E-state index is 12.7. The molecule has 2 heterocycles. The van der Waals surface area contributed by atoms with E-state index in [1.165, 1.54) is 15.9 Å². The third kappa shape index (κ3) is 2.32. The number of rotatable bonds is 4. The Hall–Kier alpha value is -2.18. The number of benzene rings is 1. The standard InChI is InChI=1S/C15H14N2O3S/c1-20-9-8-16-12-7-10-21-13(12)14(18)17(15(16)19)11-5-3-2-4-6-11/h2-7,10H,8-9H2,1H3. The zero-order chi connectivity index (χ0) is 14.8. The minimum atomic E-state index is -0.339. The largest absolute Gasteiger partial charge is 0.383 e. The highest BCUT2D eigenvalue weighted by atomic mass is 32.1. The van der Waals surface area contributed by atoms with Crippen LogP contribution in [0, 0.1) is 0 Å². The summed E-state index contributed by atoms with van der Waals surface area (Å²) in [6.45, 7) is 0.827. The van der Waals surface area contributed by atoms with Gasteiger partial charge >= 0.3 is 5.69 Å². The van der Waals surface area contributed by atoms with E-state index in [2.05, 4.69) is 0 Å². The van der Waals surface area contributed by atoms with Gasteiger partial charge in [0.15, 0.2) is 0 Å². The predicted molar refractivity (Wildman–Crippen MR) is 83.6 cm³/mol. The fourth-order valence-electron chi connectivity index (χ4n) is 2.29. The first-order valence-corrected chi connectivity index (χ1v) is 7.39. The molecule has 21 heavy (non-hydrogen) atoms. The molecule has 0 saturated heterocycles. The maximum Gasteiger partial charge on any atom is 0.336 e. The van der Waals surface area contributed by atoms with Crippen LogP contribution in [0.15, 0.2) is 51.4 Å². The van der Waals surface area contributed by atoms with Crippen LogP contribution in [0.2, 0.25) is 0 Å². The van der Waals surface area contributed by atoms with Crippen LogP contribution in [0.1, 0.15) is 0 Å². The Labute approximate surface area is 124 Å². The fourth-order valence-corrected chi connectivity index (χ4v) is 3.11. The van der Waals surface area contributed by atoms with Crippen LogP contribution < -0.4 is 11.2 Å². The van der Waals surface area contributed by atoms with Crippen molar-refractivity contribution in [2.75, 3.05) is 13.7 Å². The van der Waals surface area contributed by atoms with Crippen LogP contribution in [-0.4, -0.2) is 22.9 Å². The van der Waals surface area contributed by atoms with E-state index in [9.17, 15) is 9.59 Å². The molecular formula is C15H14N2O3S. The first-order valence-electron chi connectivity index (χ1n) is 6.51. The van der Waals surface area contributed by atoms with Crippen molar-refractivity contribution >= 4 is 21.6 Å². The number of hydrogen-bond acceptors (Lipinski definition) is 4. The van der Waals surface area contributed by atoms with Crippen LogP contribution in [0.5, 0.6) is 0 Å². The Morgan fingerprint density at radius 2 is 1.90 bits per heavy atom. The molecule has 2 aromatic heterocycles. The summed E-state index contributed by atoms with van der Waals surface area (Å²) in [6, 6.07) is 10.8. The summed E-state index contributed by atoms with van der Waals surface area (Å²) >= 11 is 1.35. The van der Waals surface area contributed by atoms with Crippen molar-refractivity contribution in [2.24, 2.45) is 0 Å². The minimum Gasteiger partial charge on any atom is -0.383 e. The summed E-state index contributed by atoms with van der Waals surface area (Å²) in [6.07, 6.45) is 0. The fraction of sp³-hybridized carbons (Fsp3) is 0.200. The lowest BCUT2D eigenvalue weighted by molar-refractivity contribution is 0.187. The Morgan fingerprint density at radius 1 is 1.14 bits per heavy atom. The molecule has 0 radical (unpaired) electrons. The van der Waals surface area contributed by atoms with Gasteiger partial charge in [0.25, 0.3) is 5.56 Å². The first kappa shape index (κ1) is 13.8. The summed E-state index contributed by atoms with van der Waals surface area (Å²) in [5.41, 5.74) is 0.632. The van der Waals surface area contributed by atoms with Gasteiger partial charge in [-0.3, -0.25) is 9.36 Å². The van der Waals surface area contributed by atoms with Crippen molar-refractivity contribution < 1.29 is 4.74 Å². The molecule has 0 atom stereocenters. The molecule has 0 N–H and O–H groups in total. The van der Waals surface area contributed by atoms with Crippen molar-refractivity contribution in [1.29, 1.82) is 0 Å². The molecule has 108 valence electrons. The van der Waals surface area contributed by atoms with Gasteiger partial charge in [0.05, 0.1) is 24.4 Å². The summed E-state index contributed by atoms with van der Waals surface area (Å²) in [5, 5.41) is 1.82. The molecule has 0 bridgehead atoms. The SMILES string of the molecule is COCCn1c(=O)n(-c2ccccc2)c(=O)c2sccc21. The van der Waals surface area contributed by atoms with Crippen LogP contribution >= 0.6 is 11.3 Å². The molecule has 0 unspecified atom stereocenters. The van der Waals surface area contributed by atoms with Gasteiger partial charge in [-0.05, 0) is 23.6 Å². The van der Waals surface area contributed by atoms with Gasteiger partial charge in [0.2, 0.25) is 0 Å². The molecule has 3 aromatic rings. The highest BCUT2D eigenvalue weighted by Gasteiger charge is 2.14. The highest BCUT2D eigenvalue weighted by molar-refractivity contribution is 7.17. The van der Waals surface area contributed by atoms with Crippen molar-refractivity contribution in [2.45, 2.75) is 6.54 Å². The zero-order valence-electron chi connectivity index (χ0n) is 11.5. The molecule has 0 aliphatic rings. The molecule has 5 nitrogen and oxygen atoms in total. The summed E-state index contributed by atoms with van der Waals surface area (Å²) in [5.74, 6) is 0. The van der Waals surface area contributed by atoms with Gasteiger partial charge in [-0.1, -0.05) is 18.2 Å². The van der Waals surface area contributed by atoms with E-state index in [1.54, 1.807) is 42.0 Å². The molecule has 0 fully saturated rings. The number of ether oxygens (including phenoxy) is 1. The second kappa shape index (κ2) is 5.67. The van der Waals surface area contributed by atoms with E-state index in [0.717, 1.165) is 0 Å². The monoisotopic (exact) mass is 302 g/mol. The maximum atomic E-state index is 12.7. The summed E-state index contributed by atoms with van der Waals surface area (Å²) in [4.78, 5) is 25.2. The third-order valence-corrected chi connectivity index (χ3v) is 4.18. The highest BCUT2D eigenvalue weighted by Crippen LogP contribution is 2.16. The van der Waals surface area contributed by atoms with Gasteiger partial charge in [-0.15, -0.1) is 11.3 Å². The molecule has 0 amide bonds. The summed E-state index contributed by atoms with van der Waals surface area (Å²) in [7, 11) is 1.59.